The first-order valence-electron chi connectivity index (χ1n) is 4.35. The van der Waals surface area contributed by atoms with Crippen LogP contribution in [0.4, 0.5) is 0 Å². The van der Waals surface area contributed by atoms with Gasteiger partial charge in [-0.05, 0) is 0 Å². The first-order chi connectivity index (χ1) is 6.31. The highest BCUT2D eigenvalue weighted by molar-refractivity contribution is 5.72. The molecule has 0 amide bonds. The number of rotatable bonds is 2. The predicted molar refractivity (Wildman–Crippen MR) is 40.8 cm³/mol. The first-order valence-corrected chi connectivity index (χ1v) is 4.35. The molecule has 5 nitrogen and oxygen atoms in total. The highest BCUT2D eigenvalue weighted by atomic mass is 16.7. The summed E-state index contributed by atoms with van der Waals surface area (Å²) in [5, 5.41) is 8.93. The maximum absolute atomic E-state index is 10.9. The van der Waals surface area contributed by atoms with Gasteiger partial charge in [0.05, 0.1) is 32.2 Å². The number of hydrogen-bond donors (Lipinski definition) is 1. The third-order valence-corrected chi connectivity index (χ3v) is 2.34. The van der Waals surface area contributed by atoms with Gasteiger partial charge in [-0.2, -0.15) is 0 Å². The molecule has 0 aromatic heterocycles. The molecule has 2 atom stereocenters. The van der Waals surface area contributed by atoms with Gasteiger partial charge in [0.15, 0.2) is 6.29 Å². The molecule has 2 rings (SSSR count). The van der Waals surface area contributed by atoms with Crippen LogP contribution in [0.5, 0.6) is 0 Å². The molecule has 2 aliphatic heterocycles. The SMILES string of the molecule is O=C1CC(C2OCCO2)C(CO)O1. The predicted octanol–water partition coefficient (Wildman–Crippen LogP) is -0.717. The number of cyclic esters (lactones) is 1. The third kappa shape index (κ3) is 1.67. The van der Waals surface area contributed by atoms with Gasteiger partial charge in [-0.15, -0.1) is 0 Å². The molecule has 0 aromatic rings. The van der Waals surface area contributed by atoms with Crippen LogP contribution >= 0.6 is 0 Å². The normalized spacial score (nSPS) is 35.3. The molecular weight excluding hydrogens is 176 g/mol. The summed E-state index contributed by atoms with van der Waals surface area (Å²) < 4.78 is 15.4. The van der Waals surface area contributed by atoms with E-state index in [4.69, 9.17) is 19.3 Å². The minimum atomic E-state index is -0.462. The van der Waals surface area contributed by atoms with E-state index in [-0.39, 0.29) is 31.2 Å². The highest BCUT2D eigenvalue weighted by Crippen LogP contribution is 2.29. The van der Waals surface area contributed by atoms with Crippen LogP contribution in [0.25, 0.3) is 0 Å². The van der Waals surface area contributed by atoms with Crippen molar-refractivity contribution in [3.63, 3.8) is 0 Å². The summed E-state index contributed by atoms with van der Waals surface area (Å²) in [5.74, 6) is -0.442. The molecule has 5 heteroatoms. The van der Waals surface area contributed by atoms with Crippen LogP contribution in [-0.2, 0) is 19.0 Å². The van der Waals surface area contributed by atoms with Crippen LogP contribution in [0, 0.1) is 5.92 Å². The van der Waals surface area contributed by atoms with Gasteiger partial charge >= 0.3 is 5.97 Å². The average Bonchev–Trinajstić information content (AvgIpc) is 2.71. The van der Waals surface area contributed by atoms with E-state index >= 15 is 0 Å². The van der Waals surface area contributed by atoms with Crippen LogP contribution in [0.3, 0.4) is 0 Å². The van der Waals surface area contributed by atoms with Crippen molar-refractivity contribution < 1.29 is 24.1 Å². The van der Waals surface area contributed by atoms with E-state index in [0.717, 1.165) is 0 Å². The number of aliphatic hydroxyl groups excluding tert-OH is 1. The molecule has 1 N–H and O–H groups in total. The standard InChI is InChI=1S/C8H12O5/c9-4-6-5(3-7(10)13-6)8-11-1-2-12-8/h5-6,8-9H,1-4H2. The van der Waals surface area contributed by atoms with Crippen molar-refractivity contribution in [2.75, 3.05) is 19.8 Å². The topological polar surface area (TPSA) is 65.0 Å². The Labute approximate surface area is 75.6 Å². The van der Waals surface area contributed by atoms with Crippen molar-refractivity contribution >= 4 is 5.97 Å². The van der Waals surface area contributed by atoms with Gasteiger partial charge in [-0.1, -0.05) is 0 Å². The Morgan fingerprint density at radius 2 is 2.08 bits per heavy atom. The van der Waals surface area contributed by atoms with E-state index in [1.165, 1.54) is 0 Å². The highest BCUT2D eigenvalue weighted by Gasteiger charge is 2.42. The van der Waals surface area contributed by atoms with Gasteiger partial charge in [-0.3, -0.25) is 4.79 Å². The van der Waals surface area contributed by atoms with Crippen molar-refractivity contribution in [3.05, 3.63) is 0 Å². The molecular formula is C8H12O5. The molecule has 13 heavy (non-hydrogen) atoms. The fourth-order valence-electron chi connectivity index (χ4n) is 1.70. The summed E-state index contributed by atoms with van der Waals surface area (Å²) in [4.78, 5) is 10.9. The van der Waals surface area contributed by atoms with E-state index < -0.39 is 6.10 Å². The van der Waals surface area contributed by atoms with E-state index in [0.29, 0.717) is 13.2 Å². The molecule has 2 heterocycles. The van der Waals surface area contributed by atoms with Crippen molar-refractivity contribution in [1.82, 2.24) is 0 Å². The van der Waals surface area contributed by atoms with E-state index in [9.17, 15) is 4.79 Å². The van der Waals surface area contributed by atoms with Crippen LogP contribution in [0.2, 0.25) is 0 Å². The minimum Gasteiger partial charge on any atom is -0.459 e. The van der Waals surface area contributed by atoms with Gasteiger partial charge in [0.2, 0.25) is 0 Å². The van der Waals surface area contributed by atoms with Gasteiger partial charge in [0, 0.05) is 0 Å². The molecule has 0 bridgehead atoms. The van der Waals surface area contributed by atoms with E-state index in [1.807, 2.05) is 0 Å². The summed E-state index contributed by atoms with van der Waals surface area (Å²) in [6.45, 7) is 0.931. The molecule has 0 aromatic carbocycles. The third-order valence-electron chi connectivity index (χ3n) is 2.34. The Hall–Kier alpha value is -0.650. The van der Waals surface area contributed by atoms with Gasteiger partial charge in [0.25, 0.3) is 0 Å². The monoisotopic (exact) mass is 188 g/mol. The summed E-state index contributed by atoms with van der Waals surface area (Å²) >= 11 is 0. The summed E-state index contributed by atoms with van der Waals surface area (Å²) in [6.07, 6.45) is -0.574. The smallest absolute Gasteiger partial charge is 0.306 e. The number of carbonyl (C=O) groups is 1. The number of hydrogen-bond acceptors (Lipinski definition) is 5. The number of carbonyl (C=O) groups excluding carboxylic acids is 1. The quantitative estimate of drug-likeness (QED) is 0.579. The zero-order valence-electron chi connectivity index (χ0n) is 7.14. The fraction of sp³-hybridized carbons (Fsp3) is 0.875. The molecule has 2 aliphatic rings. The lowest BCUT2D eigenvalue weighted by molar-refractivity contribution is -0.144. The van der Waals surface area contributed by atoms with Crippen LogP contribution in [0.15, 0.2) is 0 Å². The summed E-state index contributed by atoms with van der Waals surface area (Å²) in [5.41, 5.74) is 0. The van der Waals surface area contributed by atoms with Crippen molar-refractivity contribution in [3.8, 4) is 0 Å². The molecule has 0 saturated carbocycles. The van der Waals surface area contributed by atoms with Crippen molar-refractivity contribution in [2.45, 2.75) is 18.8 Å². The first kappa shape index (κ1) is 8.93. The Balaban J connectivity index is 1.99. The van der Waals surface area contributed by atoms with E-state index in [1.54, 1.807) is 0 Å². The lowest BCUT2D eigenvalue weighted by Gasteiger charge is -2.19. The summed E-state index contributed by atoms with van der Waals surface area (Å²) in [7, 11) is 0. The van der Waals surface area contributed by atoms with Crippen molar-refractivity contribution in [2.24, 2.45) is 5.92 Å². The maximum atomic E-state index is 10.9. The largest absolute Gasteiger partial charge is 0.459 e. The molecule has 2 unspecified atom stereocenters. The number of esters is 1. The molecule has 2 saturated heterocycles. The maximum Gasteiger partial charge on any atom is 0.306 e. The number of ether oxygens (including phenoxy) is 3. The molecule has 0 radical (unpaired) electrons. The van der Waals surface area contributed by atoms with Gasteiger partial charge in [-0.25, -0.2) is 0 Å². The molecule has 0 spiro atoms. The van der Waals surface area contributed by atoms with Gasteiger partial charge < -0.3 is 19.3 Å². The summed E-state index contributed by atoms with van der Waals surface area (Å²) in [6, 6.07) is 0. The Bertz CT molecular complexity index is 199. The lowest BCUT2D eigenvalue weighted by Crippen LogP contribution is -2.31. The zero-order chi connectivity index (χ0) is 9.26. The van der Waals surface area contributed by atoms with E-state index in [2.05, 4.69) is 0 Å². The van der Waals surface area contributed by atoms with Crippen LogP contribution in [-0.4, -0.2) is 43.3 Å². The lowest BCUT2D eigenvalue weighted by atomic mass is 10.0. The van der Waals surface area contributed by atoms with Crippen LogP contribution in [0.1, 0.15) is 6.42 Å². The second-order valence-corrected chi connectivity index (χ2v) is 3.19. The Morgan fingerprint density at radius 1 is 1.38 bits per heavy atom. The molecule has 2 fully saturated rings. The van der Waals surface area contributed by atoms with Crippen molar-refractivity contribution in [1.29, 1.82) is 0 Å². The molecule has 74 valence electrons. The Kier molecular flexibility index (Phi) is 2.48. The second kappa shape index (κ2) is 3.61. The zero-order valence-corrected chi connectivity index (χ0v) is 7.14. The van der Waals surface area contributed by atoms with Gasteiger partial charge in [0.1, 0.15) is 6.10 Å². The molecule has 0 aliphatic carbocycles. The average molecular weight is 188 g/mol. The van der Waals surface area contributed by atoms with Crippen LogP contribution < -0.4 is 0 Å². The second-order valence-electron chi connectivity index (χ2n) is 3.19. The fourth-order valence-corrected chi connectivity index (χ4v) is 1.70. The minimum absolute atomic E-state index is 0.153. The number of aliphatic hydroxyl groups is 1. The Morgan fingerprint density at radius 3 is 2.69 bits per heavy atom.